The summed E-state index contributed by atoms with van der Waals surface area (Å²) in [5, 5.41) is 15.5. The molecular weight excluding hydrogens is 584 g/mol. The summed E-state index contributed by atoms with van der Waals surface area (Å²) in [7, 11) is 1.57. The minimum atomic E-state index is -0.0799. The number of nitrogens with two attached hydrogens (primary N) is 1. The van der Waals surface area contributed by atoms with Gasteiger partial charge in [-0.1, -0.05) is 23.7 Å². The molecule has 4 aromatic rings. The molecule has 2 saturated heterocycles. The number of methoxy groups -OCH3 is 1. The maximum atomic E-state index is 13.0. The average Bonchev–Trinajstić information content (AvgIpc) is 3.79. The monoisotopic (exact) mass is 618 g/mol. The van der Waals surface area contributed by atoms with E-state index >= 15 is 0 Å². The molecule has 13 heteroatoms. The molecule has 1 amide bonds. The lowest BCUT2D eigenvalue weighted by Crippen LogP contribution is -2.32. The van der Waals surface area contributed by atoms with Crippen molar-refractivity contribution in [3.63, 3.8) is 0 Å². The van der Waals surface area contributed by atoms with Crippen molar-refractivity contribution < 1.29 is 19.4 Å². The van der Waals surface area contributed by atoms with Crippen LogP contribution in [0.4, 0.5) is 5.82 Å². The fourth-order valence-corrected chi connectivity index (χ4v) is 6.13. The second kappa shape index (κ2) is 13.2. The molecule has 0 radical (unpaired) electrons. The van der Waals surface area contributed by atoms with Gasteiger partial charge in [-0.05, 0) is 50.1 Å². The van der Waals surface area contributed by atoms with Gasteiger partial charge in [0.05, 0.1) is 35.9 Å². The maximum Gasteiger partial charge on any atom is 0.246 e. The number of halogens is 1. The number of hydrogen-bond acceptors (Lipinski definition) is 10. The van der Waals surface area contributed by atoms with Crippen molar-refractivity contribution >= 4 is 34.4 Å². The number of ether oxygens (including phenoxy) is 2. The van der Waals surface area contributed by atoms with Crippen LogP contribution in [0.2, 0.25) is 5.02 Å². The lowest BCUT2D eigenvalue weighted by molar-refractivity contribution is -0.125. The number of nitrogen functional groups attached to an aromatic ring is 1. The van der Waals surface area contributed by atoms with Gasteiger partial charge in [-0.15, -0.1) is 0 Å². The van der Waals surface area contributed by atoms with Gasteiger partial charge in [-0.2, -0.15) is 5.10 Å². The van der Waals surface area contributed by atoms with Crippen LogP contribution in [-0.4, -0.2) is 91.5 Å². The van der Waals surface area contributed by atoms with Crippen LogP contribution in [0.3, 0.4) is 0 Å². The van der Waals surface area contributed by atoms with E-state index in [-0.39, 0.29) is 31.2 Å². The zero-order valence-electron chi connectivity index (χ0n) is 24.5. The van der Waals surface area contributed by atoms with Gasteiger partial charge >= 0.3 is 0 Å². The Kier molecular flexibility index (Phi) is 8.91. The molecule has 1 aromatic carbocycles. The molecule has 230 valence electrons. The highest BCUT2D eigenvalue weighted by Crippen LogP contribution is 2.37. The molecule has 0 bridgehead atoms. The Hall–Kier alpha value is -4.26. The predicted molar refractivity (Wildman–Crippen MR) is 166 cm³/mol. The molecule has 0 spiro atoms. The summed E-state index contributed by atoms with van der Waals surface area (Å²) in [6.45, 7) is 3.07. The van der Waals surface area contributed by atoms with Gasteiger partial charge in [-0.3, -0.25) is 9.69 Å². The van der Waals surface area contributed by atoms with Crippen molar-refractivity contribution in [3.8, 4) is 22.9 Å². The fraction of sp³-hybridized carbons (Fsp3) is 0.387. The van der Waals surface area contributed by atoms with E-state index in [4.69, 9.17) is 31.9 Å². The number of pyridine rings is 1. The molecule has 2 aliphatic heterocycles. The molecule has 0 aliphatic carbocycles. The van der Waals surface area contributed by atoms with Crippen LogP contribution < -0.4 is 15.2 Å². The normalized spacial score (nSPS) is 18.9. The zero-order chi connectivity index (χ0) is 30.6. The number of benzene rings is 1. The number of hydrogen-bond donors (Lipinski definition) is 2. The first-order valence-electron chi connectivity index (χ1n) is 14.7. The molecule has 12 nitrogen and oxygen atoms in total. The van der Waals surface area contributed by atoms with Crippen LogP contribution in [0.1, 0.15) is 31.0 Å². The van der Waals surface area contributed by atoms with Crippen LogP contribution >= 0.6 is 11.6 Å². The van der Waals surface area contributed by atoms with Gasteiger partial charge in [0.2, 0.25) is 11.8 Å². The number of aliphatic hydroxyl groups is 1. The number of anilines is 1. The Balaban J connectivity index is 1.18. The van der Waals surface area contributed by atoms with Crippen LogP contribution in [0, 0.1) is 0 Å². The number of rotatable bonds is 10. The van der Waals surface area contributed by atoms with Gasteiger partial charge in [0.1, 0.15) is 30.2 Å². The number of aromatic nitrogens is 5. The first-order chi connectivity index (χ1) is 21.4. The summed E-state index contributed by atoms with van der Waals surface area (Å²) in [5.41, 5.74) is 9.00. The summed E-state index contributed by atoms with van der Waals surface area (Å²) in [5.74, 6) is 1.29. The minimum absolute atomic E-state index is 0.0374. The van der Waals surface area contributed by atoms with Crippen molar-refractivity contribution in [3.05, 3.63) is 65.6 Å². The molecular formula is C31H35ClN8O4. The van der Waals surface area contributed by atoms with Gasteiger partial charge in [0.25, 0.3) is 0 Å². The Morgan fingerprint density at radius 2 is 2.09 bits per heavy atom. The molecule has 44 heavy (non-hydrogen) atoms. The smallest absolute Gasteiger partial charge is 0.246 e. The third-order valence-electron chi connectivity index (χ3n) is 8.22. The highest BCUT2D eigenvalue weighted by Gasteiger charge is 2.30. The molecule has 2 atom stereocenters. The standard InChI is InChI=1S/C31H35ClN8O4/c1-43-26-7-2-5-21(36-26)18-44-25-10-9-20(15-24(25)32)29-28-30(33)34-19-35-31(28)40(37-29)22-11-14-39(16-22)27(42)8-4-13-38-12-3-6-23(38)17-41/h2,4-5,7-10,15,19,22-23,41H,3,6,11-14,16-18H2,1H3,(H2,33,34,35)/b8-4+. The molecule has 5 heterocycles. The lowest BCUT2D eigenvalue weighted by atomic mass is 10.1. The van der Waals surface area contributed by atoms with E-state index in [1.165, 1.54) is 6.33 Å². The topological polar surface area (TPSA) is 145 Å². The Labute approximate surface area is 260 Å². The third-order valence-corrected chi connectivity index (χ3v) is 8.52. The first kappa shape index (κ1) is 29.8. The highest BCUT2D eigenvalue weighted by atomic mass is 35.5. The predicted octanol–water partition coefficient (Wildman–Crippen LogP) is 3.50. The average molecular weight is 619 g/mol. The number of nitrogens with zero attached hydrogens (tertiary/aromatic N) is 7. The van der Waals surface area contributed by atoms with Gasteiger partial charge < -0.3 is 25.2 Å². The zero-order valence-corrected chi connectivity index (χ0v) is 25.2. The van der Waals surface area contributed by atoms with E-state index in [1.807, 2.05) is 33.9 Å². The van der Waals surface area contributed by atoms with E-state index in [2.05, 4.69) is 19.9 Å². The van der Waals surface area contributed by atoms with E-state index in [9.17, 15) is 9.90 Å². The van der Waals surface area contributed by atoms with Crippen LogP contribution in [0.25, 0.3) is 22.3 Å². The number of carbonyl (C=O) groups excluding carboxylic acids is 1. The summed E-state index contributed by atoms with van der Waals surface area (Å²) in [4.78, 5) is 30.1. The van der Waals surface area contributed by atoms with Crippen molar-refractivity contribution in [1.29, 1.82) is 0 Å². The summed E-state index contributed by atoms with van der Waals surface area (Å²) in [6.07, 6.45) is 7.74. The lowest BCUT2D eigenvalue weighted by Gasteiger charge is -2.20. The van der Waals surface area contributed by atoms with Crippen molar-refractivity contribution in [2.45, 2.75) is 38.0 Å². The molecule has 3 N–H and O–H groups in total. The van der Waals surface area contributed by atoms with E-state index in [1.54, 1.807) is 31.4 Å². The fourth-order valence-electron chi connectivity index (χ4n) is 5.90. The van der Waals surface area contributed by atoms with Gasteiger partial charge in [-0.25, -0.2) is 19.6 Å². The number of carbonyl (C=O) groups is 1. The van der Waals surface area contributed by atoms with Crippen LogP contribution in [0.15, 0.2) is 54.9 Å². The first-order valence-corrected chi connectivity index (χ1v) is 15.0. The number of aliphatic hydroxyl groups excluding tert-OH is 1. The summed E-state index contributed by atoms with van der Waals surface area (Å²) < 4.78 is 13.0. The Morgan fingerprint density at radius 3 is 2.91 bits per heavy atom. The Bertz CT molecular complexity index is 1680. The van der Waals surface area contributed by atoms with Gasteiger partial charge in [0, 0.05) is 43.4 Å². The van der Waals surface area contributed by atoms with E-state index < -0.39 is 0 Å². The van der Waals surface area contributed by atoms with Crippen LogP contribution in [-0.2, 0) is 11.4 Å². The SMILES string of the molecule is COc1cccc(COc2ccc(-c3nn(C4CCN(C(=O)/C=C/CN5CCCC5CO)C4)c4ncnc(N)c34)cc2Cl)n1. The number of fused-ring (bicyclic) bond motifs is 1. The molecule has 2 unspecified atom stereocenters. The van der Waals surface area contributed by atoms with E-state index in [0.29, 0.717) is 64.5 Å². The molecule has 2 fully saturated rings. The maximum absolute atomic E-state index is 13.0. The van der Waals surface area contributed by atoms with Crippen LogP contribution in [0.5, 0.6) is 11.6 Å². The number of likely N-dealkylation sites (tertiary alicyclic amines) is 2. The second-order valence-corrected chi connectivity index (χ2v) is 11.4. The Morgan fingerprint density at radius 1 is 1.20 bits per heavy atom. The summed E-state index contributed by atoms with van der Waals surface area (Å²) >= 11 is 6.65. The second-order valence-electron chi connectivity index (χ2n) is 11.0. The van der Waals surface area contributed by atoms with Crippen molar-refractivity contribution in [1.82, 2.24) is 34.5 Å². The molecule has 2 aliphatic rings. The summed E-state index contributed by atoms with van der Waals surface area (Å²) in [6, 6.07) is 11.0. The van der Waals surface area contributed by atoms with Crippen molar-refractivity contribution in [2.24, 2.45) is 0 Å². The molecule has 3 aromatic heterocycles. The quantitative estimate of drug-likeness (QED) is 0.253. The minimum Gasteiger partial charge on any atom is -0.486 e. The highest BCUT2D eigenvalue weighted by molar-refractivity contribution is 6.32. The molecule has 6 rings (SSSR count). The van der Waals surface area contributed by atoms with E-state index in [0.717, 1.165) is 31.4 Å². The third kappa shape index (κ3) is 6.19. The largest absolute Gasteiger partial charge is 0.486 e. The van der Waals surface area contributed by atoms with Gasteiger partial charge in [0.15, 0.2) is 5.65 Å². The number of amides is 1. The van der Waals surface area contributed by atoms with Crippen molar-refractivity contribution in [2.75, 3.05) is 45.6 Å². The molecule has 0 saturated carbocycles.